The van der Waals surface area contributed by atoms with Crippen molar-refractivity contribution in [1.82, 2.24) is 25.2 Å². The van der Waals surface area contributed by atoms with Gasteiger partial charge in [-0.1, -0.05) is 23.4 Å². The second kappa shape index (κ2) is 4.95. The number of aromatic nitrogens is 5. The lowest BCUT2D eigenvalue weighted by molar-refractivity contribution is 0.715. The largest absolute Gasteiger partial charge is 0.319 e. The van der Waals surface area contributed by atoms with Crippen LogP contribution in [0.4, 0.5) is 0 Å². The molecular weight excluding hydrogens is 240 g/mol. The summed E-state index contributed by atoms with van der Waals surface area (Å²) in [5.41, 5.74) is 8.83. The van der Waals surface area contributed by atoms with Crippen molar-refractivity contribution in [2.45, 2.75) is 6.04 Å². The van der Waals surface area contributed by atoms with Crippen molar-refractivity contribution >= 4 is 0 Å². The highest BCUT2D eigenvalue weighted by Crippen LogP contribution is 2.19. The summed E-state index contributed by atoms with van der Waals surface area (Å²) < 4.78 is 1.73. The Kier molecular flexibility index (Phi) is 2.99. The Labute approximate surface area is 109 Å². The first-order chi connectivity index (χ1) is 9.36. The second-order valence-electron chi connectivity index (χ2n) is 4.06. The van der Waals surface area contributed by atoms with Crippen molar-refractivity contribution < 1.29 is 0 Å². The van der Waals surface area contributed by atoms with Gasteiger partial charge in [-0.05, 0) is 23.8 Å². The van der Waals surface area contributed by atoms with E-state index < -0.39 is 0 Å². The molecule has 94 valence electrons. The molecular formula is C13H12N6. The van der Waals surface area contributed by atoms with Gasteiger partial charge in [0.2, 0.25) is 0 Å². The van der Waals surface area contributed by atoms with E-state index in [9.17, 15) is 0 Å². The van der Waals surface area contributed by atoms with Gasteiger partial charge in [0.15, 0.2) is 0 Å². The summed E-state index contributed by atoms with van der Waals surface area (Å²) in [4.78, 5) is 0. The summed E-state index contributed by atoms with van der Waals surface area (Å²) in [6, 6.07) is 11.2. The van der Waals surface area contributed by atoms with E-state index in [1.54, 1.807) is 23.3 Å². The Morgan fingerprint density at radius 1 is 0.947 bits per heavy atom. The summed E-state index contributed by atoms with van der Waals surface area (Å²) in [5, 5.41) is 15.6. The highest BCUT2D eigenvalue weighted by molar-refractivity contribution is 5.34. The molecule has 2 heterocycles. The highest BCUT2D eigenvalue weighted by atomic mass is 15.4. The predicted molar refractivity (Wildman–Crippen MR) is 69.4 cm³/mol. The fourth-order valence-corrected chi connectivity index (χ4v) is 1.88. The molecule has 0 aliphatic heterocycles. The maximum Gasteiger partial charge on any atom is 0.0859 e. The van der Waals surface area contributed by atoms with E-state index in [1.807, 2.05) is 36.4 Å². The SMILES string of the molecule is NC(c1ccnnc1)c1cnnn1-c1ccccc1. The molecule has 2 aromatic heterocycles. The number of para-hydroxylation sites is 1. The summed E-state index contributed by atoms with van der Waals surface area (Å²) in [5.74, 6) is 0. The van der Waals surface area contributed by atoms with Gasteiger partial charge < -0.3 is 5.73 Å². The molecule has 6 nitrogen and oxygen atoms in total. The smallest absolute Gasteiger partial charge is 0.0859 e. The minimum Gasteiger partial charge on any atom is -0.319 e. The second-order valence-corrected chi connectivity index (χ2v) is 4.06. The minimum atomic E-state index is -0.342. The Bertz CT molecular complexity index is 649. The summed E-state index contributed by atoms with van der Waals surface area (Å²) >= 11 is 0. The third-order valence-electron chi connectivity index (χ3n) is 2.86. The Morgan fingerprint density at radius 2 is 1.79 bits per heavy atom. The number of nitrogens with two attached hydrogens (primary N) is 1. The highest BCUT2D eigenvalue weighted by Gasteiger charge is 2.16. The Morgan fingerprint density at radius 3 is 2.53 bits per heavy atom. The summed E-state index contributed by atoms with van der Waals surface area (Å²) in [6.45, 7) is 0. The van der Waals surface area contributed by atoms with Crippen molar-refractivity contribution in [3.8, 4) is 5.69 Å². The van der Waals surface area contributed by atoms with E-state index in [2.05, 4.69) is 20.5 Å². The average Bonchev–Trinajstić information content (AvgIpc) is 2.98. The molecule has 0 spiro atoms. The fourth-order valence-electron chi connectivity index (χ4n) is 1.88. The van der Waals surface area contributed by atoms with Gasteiger partial charge in [-0.3, -0.25) is 0 Å². The quantitative estimate of drug-likeness (QED) is 0.755. The third-order valence-corrected chi connectivity index (χ3v) is 2.86. The number of rotatable bonds is 3. The molecule has 1 aromatic carbocycles. The van der Waals surface area contributed by atoms with Crippen LogP contribution in [0.3, 0.4) is 0 Å². The number of hydrogen-bond acceptors (Lipinski definition) is 5. The first kappa shape index (κ1) is 11.5. The fraction of sp³-hybridized carbons (Fsp3) is 0.0769. The number of nitrogens with zero attached hydrogens (tertiary/aromatic N) is 5. The first-order valence-corrected chi connectivity index (χ1v) is 5.84. The van der Waals surface area contributed by atoms with E-state index in [0.29, 0.717) is 0 Å². The van der Waals surface area contributed by atoms with Crippen molar-refractivity contribution in [3.05, 3.63) is 66.2 Å². The van der Waals surface area contributed by atoms with E-state index in [-0.39, 0.29) is 6.04 Å². The zero-order valence-corrected chi connectivity index (χ0v) is 10.1. The number of hydrogen-bond donors (Lipinski definition) is 1. The van der Waals surface area contributed by atoms with Gasteiger partial charge in [0, 0.05) is 6.20 Å². The first-order valence-electron chi connectivity index (χ1n) is 5.84. The van der Waals surface area contributed by atoms with Gasteiger partial charge in [-0.25, -0.2) is 4.68 Å². The molecule has 0 saturated carbocycles. The molecule has 0 aliphatic rings. The molecule has 19 heavy (non-hydrogen) atoms. The van der Waals surface area contributed by atoms with Crippen LogP contribution < -0.4 is 5.73 Å². The lowest BCUT2D eigenvalue weighted by Gasteiger charge is -2.12. The van der Waals surface area contributed by atoms with E-state index in [1.165, 1.54) is 0 Å². The van der Waals surface area contributed by atoms with Crippen LogP contribution in [-0.4, -0.2) is 25.2 Å². The molecule has 1 unspecified atom stereocenters. The van der Waals surface area contributed by atoms with Crippen molar-refractivity contribution in [2.24, 2.45) is 5.73 Å². The van der Waals surface area contributed by atoms with E-state index >= 15 is 0 Å². The monoisotopic (exact) mass is 252 g/mol. The molecule has 2 N–H and O–H groups in total. The minimum absolute atomic E-state index is 0.342. The molecule has 0 aliphatic carbocycles. The van der Waals surface area contributed by atoms with Crippen LogP contribution in [0, 0.1) is 0 Å². The van der Waals surface area contributed by atoms with Gasteiger partial charge in [0.05, 0.1) is 29.8 Å². The third kappa shape index (κ3) is 2.21. The zero-order valence-electron chi connectivity index (χ0n) is 10.1. The molecule has 0 fully saturated rings. The van der Waals surface area contributed by atoms with E-state index in [0.717, 1.165) is 16.9 Å². The molecule has 3 aromatic rings. The van der Waals surface area contributed by atoms with Crippen LogP contribution in [-0.2, 0) is 0 Å². The number of benzene rings is 1. The molecule has 0 radical (unpaired) electrons. The van der Waals surface area contributed by atoms with Gasteiger partial charge in [0.25, 0.3) is 0 Å². The van der Waals surface area contributed by atoms with E-state index in [4.69, 9.17) is 5.73 Å². The topological polar surface area (TPSA) is 82.5 Å². The predicted octanol–water partition coefficient (Wildman–Crippen LogP) is 1.11. The molecule has 0 amide bonds. The Balaban J connectivity index is 2.01. The average molecular weight is 252 g/mol. The van der Waals surface area contributed by atoms with Gasteiger partial charge in [-0.2, -0.15) is 10.2 Å². The molecule has 0 bridgehead atoms. The molecule has 3 rings (SSSR count). The summed E-state index contributed by atoms with van der Waals surface area (Å²) in [6.07, 6.45) is 4.93. The Hall–Kier alpha value is -2.60. The van der Waals surface area contributed by atoms with Crippen LogP contribution in [0.25, 0.3) is 5.69 Å². The maximum absolute atomic E-state index is 6.23. The molecule has 6 heteroatoms. The normalized spacial score (nSPS) is 12.3. The van der Waals surface area contributed by atoms with Gasteiger partial charge >= 0.3 is 0 Å². The summed E-state index contributed by atoms with van der Waals surface area (Å²) in [7, 11) is 0. The zero-order chi connectivity index (χ0) is 13.1. The molecule has 0 saturated heterocycles. The van der Waals surface area contributed by atoms with Crippen LogP contribution in [0.2, 0.25) is 0 Å². The van der Waals surface area contributed by atoms with Crippen molar-refractivity contribution in [2.75, 3.05) is 0 Å². The van der Waals surface area contributed by atoms with Crippen molar-refractivity contribution in [3.63, 3.8) is 0 Å². The van der Waals surface area contributed by atoms with Crippen LogP contribution in [0.15, 0.2) is 55.0 Å². The van der Waals surface area contributed by atoms with Crippen LogP contribution in [0.5, 0.6) is 0 Å². The molecule has 1 atom stereocenters. The maximum atomic E-state index is 6.23. The van der Waals surface area contributed by atoms with Gasteiger partial charge in [0.1, 0.15) is 0 Å². The lowest BCUT2D eigenvalue weighted by Crippen LogP contribution is -2.17. The van der Waals surface area contributed by atoms with Crippen molar-refractivity contribution in [1.29, 1.82) is 0 Å². The lowest BCUT2D eigenvalue weighted by atomic mass is 10.1. The van der Waals surface area contributed by atoms with Gasteiger partial charge in [-0.15, -0.1) is 5.10 Å². The standard InChI is InChI=1S/C13H12N6/c14-13(10-6-7-15-16-8-10)12-9-17-18-19(12)11-4-2-1-3-5-11/h1-9,13H,14H2. The van der Waals surface area contributed by atoms with Crippen LogP contribution >= 0.6 is 0 Å². The van der Waals surface area contributed by atoms with Crippen LogP contribution in [0.1, 0.15) is 17.3 Å².